The van der Waals surface area contributed by atoms with E-state index in [1.165, 1.54) is 12.1 Å². The van der Waals surface area contributed by atoms with Crippen molar-refractivity contribution in [3.63, 3.8) is 0 Å². The number of amides is 1. The van der Waals surface area contributed by atoms with Gasteiger partial charge in [-0.3, -0.25) is 4.79 Å². The topological polar surface area (TPSA) is 91.2 Å². The summed E-state index contributed by atoms with van der Waals surface area (Å²) >= 11 is 0. The van der Waals surface area contributed by atoms with E-state index in [1.54, 1.807) is 12.3 Å². The Kier molecular flexibility index (Phi) is 4.25. The molecule has 0 atom stereocenters. The van der Waals surface area contributed by atoms with Gasteiger partial charge < -0.3 is 16.2 Å². The molecule has 3 rings (SSSR count). The molecule has 0 aliphatic carbocycles. The Morgan fingerprint density at radius 1 is 1.26 bits per heavy atom. The van der Waals surface area contributed by atoms with Crippen molar-refractivity contribution in [1.82, 2.24) is 4.98 Å². The summed E-state index contributed by atoms with van der Waals surface area (Å²) in [7, 11) is 0. The zero-order valence-electron chi connectivity index (χ0n) is 12.6. The van der Waals surface area contributed by atoms with Crippen LogP contribution >= 0.6 is 0 Å². The average Bonchev–Trinajstić information content (AvgIpc) is 2.55. The summed E-state index contributed by atoms with van der Waals surface area (Å²) in [6.45, 7) is 1.46. The molecule has 6 heteroatoms. The lowest BCUT2D eigenvalue weighted by atomic mass is 9.91. The molecule has 0 saturated carbocycles. The van der Waals surface area contributed by atoms with Gasteiger partial charge in [-0.2, -0.15) is 0 Å². The Hall–Kier alpha value is -2.47. The van der Waals surface area contributed by atoms with Crippen LogP contribution in [0.15, 0.2) is 30.5 Å². The molecule has 0 radical (unpaired) electrons. The summed E-state index contributed by atoms with van der Waals surface area (Å²) in [4.78, 5) is 15.4. The standard InChI is InChI=1S/C17H18FN3O2/c18-15-8-11(1-2-13(15)17(20)22)14-7-12(9-21-16(14)19)10-3-5-23-6-4-10/h1-2,7-10H,3-6H2,(H2,19,21)(H2,20,22). The molecular weight excluding hydrogens is 297 g/mol. The molecule has 2 aromatic rings. The lowest BCUT2D eigenvalue weighted by molar-refractivity contribution is 0.0853. The Morgan fingerprint density at radius 3 is 2.65 bits per heavy atom. The summed E-state index contributed by atoms with van der Waals surface area (Å²) in [6.07, 6.45) is 3.63. The smallest absolute Gasteiger partial charge is 0.251 e. The minimum Gasteiger partial charge on any atom is -0.383 e. The van der Waals surface area contributed by atoms with E-state index < -0.39 is 11.7 Å². The average molecular weight is 315 g/mol. The van der Waals surface area contributed by atoms with E-state index in [1.807, 2.05) is 6.07 Å². The molecule has 0 unspecified atom stereocenters. The SMILES string of the molecule is NC(=O)c1ccc(-c2cc(C3CCOCC3)cnc2N)cc1F. The number of anilines is 1. The predicted octanol–water partition coefficient (Wildman–Crippen LogP) is 2.46. The van der Waals surface area contributed by atoms with Gasteiger partial charge in [0.1, 0.15) is 11.6 Å². The van der Waals surface area contributed by atoms with Gasteiger partial charge in [0.25, 0.3) is 5.91 Å². The zero-order valence-corrected chi connectivity index (χ0v) is 12.6. The molecule has 120 valence electrons. The molecule has 2 heterocycles. The number of rotatable bonds is 3. The molecule has 1 amide bonds. The van der Waals surface area contributed by atoms with E-state index in [9.17, 15) is 9.18 Å². The van der Waals surface area contributed by atoms with Crippen LogP contribution in [0.3, 0.4) is 0 Å². The highest BCUT2D eigenvalue weighted by Crippen LogP contribution is 2.32. The van der Waals surface area contributed by atoms with Crippen LogP contribution in [0.2, 0.25) is 0 Å². The monoisotopic (exact) mass is 315 g/mol. The van der Waals surface area contributed by atoms with Crippen LogP contribution in [0.25, 0.3) is 11.1 Å². The van der Waals surface area contributed by atoms with Crippen LogP contribution in [-0.4, -0.2) is 24.1 Å². The first-order valence-electron chi connectivity index (χ1n) is 7.49. The molecule has 1 saturated heterocycles. The molecule has 1 aliphatic rings. The van der Waals surface area contributed by atoms with Gasteiger partial charge in [0.05, 0.1) is 5.56 Å². The second-order valence-electron chi connectivity index (χ2n) is 5.65. The number of pyridine rings is 1. The highest BCUT2D eigenvalue weighted by atomic mass is 19.1. The number of nitrogens with zero attached hydrogens (tertiary/aromatic N) is 1. The molecule has 1 aromatic carbocycles. The first-order valence-corrected chi connectivity index (χ1v) is 7.49. The number of hydrogen-bond donors (Lipinski definition) is 2. The Bertz CT molecular complexity index is 743. The van der Waals surface area contributed by atoms with Crippen LogP contribution in [0, 0.1) is 5.82 Å². The van der Waals surface area contributed by atoms with Gasteiger partial charge in [-0.05, 0) is 48.1 Å². The molecule has 5 nitrogen and oxygen atoms in total. The number of nitrogens with two attached hydrogens (primary N) is 2. The number of carbonyl (C=O) groups excluding carboxylic acids is 1. The number of aromatic nitrogens is 1. The van der Waals surface area contributed by atoms with Gasteiger partial charge >= 0.3 is 0 Å². The maximum absolute atomic E-state index is 14.0. The van der Waals surface area contributed by atoms with E-state index in [0.717, 1.165) is 31.6 Å². The fourth-order valence-electron chi connectivity index (χ4n) is 2.86. The maximum atomic E-state index is 14.0. The largest absolute Gasteiger partial charge is 0.383 e. The molecule has 1 aromatic heterocycles. The van der Waals surface area contributed by atoms with Crippen molar-refractivity contribution >= 4 is 11.7 Å². The van der Waals surface area contributed by atoms with E-state index >= 15 is 0 Å². The third kappa shape index (κ3) is 3.17. The van der Waals surface area contributed by atoms with Crippen molar-refractivity contribution in [2.75, 3.05) is 18.9 Å². The number of ether oxygens (including phenoxy) is 1. The Labute approximate surface area is 133 Å². The van der Waals surface area contributed by atoms with Crippen LogP contribution in [0.5, 0.6) is 0 Å². The van der Waals surface area contributed by atoms with Crippen LogP contribution < -0.4 is 11.5 Å². The Morgan fingerprint density at radius 2 is 2.00 bits per heavy atom. The number of carbonyl (C=O) groups is 1. The first-order chi connectivity index (χ1) is 11.1. The zero-order chi connectivity index (χ0) is 16.4. The highest BCUT2D eigenvalue weighted by Gasteiger charge is 2.18. The molecule has 1 fully saturated rings. The van der Waals surface area contributed by atoms with Crippen molar-refractivity contribution in [3.05, 3.63) is 47.4 Å². The molecular formula is C17H18FN3O2. The maximum Gasteiger partial charge on any atom is 0.251 e. The van der Waals surface area contributed by atoms with Crippen LogP contribution in [-0.2, 0) is 4.74 Å². The van der Waals surface area contributed by atoms with Crippen LogP contribution in [0.4, 0.5) is 10.2 Å². The number of primary amides is 1. The second kappa shape index (κ2) is 6.34. The number of benzene rings is 1. The molecule has 1 aliphatic heterocycles. The first kappa shape index (κ1) is 15.4. The Balaban J connectivity index is 1.98. The summed E-state index contributed by atoms with van der Waals surface area (Å²) in [6, 6.07) is 6.20. The molecule has 0 spiro atoms. The van der Waals surface area contributed by atoms with Crippen molar-refractivity contribution in [1.29, 1.82) is 0 Å². The summed E-state index contributed by atoms with van der Waals surface area (Å²) in [5.74, 6) is -0.764. The minimum atomic E-state index is -0.795. The third-order valence-corrected chi connectivity index (χ3v) is 4.18. The summed E-state index contributed by atoms with van der Waals surface area (Å²) in [5, 5.41) is 0. The molecule has 0 bridgehead atoms. The normalized spacial score (nSPS) is 15.5. The van der Waals surface area contributed by atoms with Crippen molar-refractivity contribution in [2.24, 2.45) is 5.73 Å². The van der Waals surface area contributed by atoms with E-state index in [0.29, 0.717) is 22.9 Å². The molecule has 23 heavy (non-hydrogen) atoms. The van der Waals surface area contributed by atoms with Crippen molar-refractivity contribution in [3.8, 4) is 11.1 Å². The van der Waals surface area contributed by atoms with Gasteiger partial charge in [0, 0.05) is 25.0 Å². The van der Waals surface area contributed by atoms with Gasteiger partial charge in [-0.1, -0.05) is 6.07 Å². The van der Waals surface area contributed by atoms with Gasteiger partial charge in [0.2, 0.25) is 0 Å². The van der Waals surface area contributed by atoms with Gasteiger partial charge in [-0.15, -0.1) is 0 Å². The van der Waals surface area contributed by atoms with E-state index in [2.05, 4.69) is 4.98 Å². The quantitative estimate of drug-likeness (QED) is 0.910. The summed E-state index contributed by atoms with van der Waals surface area (Å²) in [5.41, 5.74) is 13.2. The lowest BCUT2D eigenvalue weighted by Gasteiger charge is -2.22. The fourth-order valence-corrected chi connectivity index (χ4v) is 2.86. The predicted molar refractivity (Wildman–Crippen MR) is 85.4 cm³/mol. The summed E-state index contributed by atoms with van der Waals surface area (Å²) < 4.78 is 19.4. The van der Waals surface area contributed by atoms with E-state index in [-0.39, 0.29) is 5.56 Å². The fraction of sp³-hybridized carbons (Fsp3) is 0.294. The number of halogens is 1. The second-order valence-corrected chi connectivity index (χ2v) is 5.65. The number of hydrogen-bond acceptors (Lipinski definition) is 4. The third-order valence-electron chi connectivity index (χ3n) is 4.18. The minimum absolute atomic E-state index is 0.138. The van der Waals surface area contributed by atoms with Crippen molar-refractivity contribution < 1.29 is 13.9 Å². The molecule has 4 N–H and O–H groups in total. The van der Waals surface area contributed by atoms with Crippen molar-refractivity contribution in [2.45, 2.75) is 18.8 Å². The van der Waals surface area contributed by atoms with Gasteiger partial charge in [-0.25, -0.2) is 9.37 Å². The lowest BCUT2D eigenvalue weighted by Crippen LogP contribution is -2.14. The number of nitrogen functional groups attached to an aromatic ring is 1. The van der Waals surface area contributed by atoms with Crippen LogP contribution in [0.1, 0.15) is 34.7 Å². The van der Waals surface area contributed by atoms with E-state index in [4.69, 9.17) is 16.2 Å². The van der Waals surface area contributed by atoms with Gasteiger partial charge in [0.15, 0.2) is 0 Å². The highest BCUT2D eigenvalue weighted by molar-refractivity contribution is 5.93.